The summed E-state index contributed by atoms with van der Waals surface area (Å²) in [5.74, 6) is 0. The smallest absolute Gasteiger partial charge is 0.0178 e. The molecule has 3 rings (SSSR count). The molecular weight excluding hydrogens is 244 g/mol. The predicted octanol–water partition coefficient (Wildman–Crippen LogP) is 2.74. The number of hydrogen-bond donors (Lipinski definition) is 2. The molecule has 20 heavy (non-hydrogen) atoms. The molecule has 1 unspecified atom stereocenters. The third kappa shape index (κ3) is 2.82. The summed E-state index contributed by atoms with van der Waals surface area (Å²) in [4.78, 5) is 0. The topological polar surface area (TPSA) is 52.0 Å². The molecule has 1 atom stereocenters. The minimum absolute atomic E-state index is 0.299. The zero-order chi connectivity index (χ0) is 13.9. The average Bonchev–Trinajstić information content (AvgIpc) is 2.85. The molecule has 0 bridgehead atoms. The summed E-state index contributed by atoms with van der Waals surface area (Å²) in [5.41, 5.74) is 18.0. The summed E-state index contributed by atoms with van der Waals surface area (Å²) in [7, 11) is 0. The van der Waals surface area contributed by atoms with Gasteiger partial charge in [0.1, 0.15) is 0 Å². The lowest BCUT2D eigenvalue weighted by molar-refractivity contribution is 0.721. The van der Waals surface area contributed by atoms with Gasteiger partial charge in [-0.25, -0.2) is 0 Å². The van der Waals surface area contributed by atoms with Gasteiger partial charge in [-0.1, -0.05) is 54.6 Å². The summed E-state index contributed by atoms with van der Waals surface area (Å²) in [5, 5.41) is 0. The summed E-state index contributed by atoms with van der Waals surface area (Å²) in [6.45, 7) is 0.592. The van der Waals surface area contributed by atoms with Gasteiger partial charge in [0.2, 0.25) is 0 Å². The third-order valence-electron chi connectivity index (χ3n) is 3.88. The molecule has 0 aliphatic heterocycles. The largest absolute Gasteiger partial charge is 0.327 e. The predicted molar refractivity (Wildman–Crippen MR) is 85.1 cm³/mol. The number of benzene rings is 2. The van der Waals surface area contributed by atoms with E-state index in [0.29, 0.717) is 12.6 Å². The molecule has 0 radical (unpaired) electrons. The van der Waals surface area contributed by atoms with Crippen molar-refractivity contribution < 1.29 is 0 Å². The maximum atomic E-state index is 6.00. The molecule has 4 N–H and O–H groups in total. The van der Waals surface area contributed by atoms with Crippen molar-refractivity contribution in [2.75, 3.05) is 0 Å². The first kappa shape index (κ1) is 13.1. The Labute approximate surface area is 120 Å². The van der Waals surface area contributed by atoms with Crippen LogP contribution in [0, 0.1) is 0 Å². The van der Waals surface area contributed by atoms with Crippen LogP contribution in [0.4, 0.5) is 0 Å². The van der Waals surface area contributed by atoms with Crippen molar-refractivity contribution in [2.45, 2.75) is 25.4 Å². The minimum Gasteiger partial charge on any atom is -0.327 e. The van der Waals surface area contributed by atoms with Crippen molar-refractivity contribution in [1.29, 1.82) is 0 Å². The Kier molecular flexibility index (Phi) is 3.68. The van der Waals surface area contributed by atoms with Crippen molar-refractivity contribution in [1.82, 2.24) is 0 Å². The summed E-state index contributed by atoms with van der Waals surface area (Å²) < 4.78 is 0. The third-order valence-corrected chi connectivity index (χ3v) is 3.88. The second-order valence-electron chi connectivity index (χ2n) is 5.48. The molecule has 0 aromatic heterocycles. The summed E-state index contributed by atoms with van der Waals surface area (Å²) in [6.07, 6.45) is 6.31. The number of hydrogen-bond acceptors (Lipinski definition) is 2. The molecule has 2 aromatic rings. The zero-order valence-corrected chi connectivity index (χ0v) is 11.5. The minimum atomic E-state index is 0.299. The van der Waals surface area contributed by atoms with Crippen LogP contribution in [0.3, 0.4) is 0 Å². The van der Waals surface area contributed by atoms with E-state index in [-0.39, 0.29) is 0 Å². The van der Waals surface area contributed by atoms with E-state index >= 15 is 0 Å². The second-order valence-corrected chi connectivity index (χ2v) is 5.48. The van der Waals surface area contributed by atoms with E-state index < -0.39 is 0 Å². The molecule has 0 spiro atoms. The van der Waals surface area contributed by atoms with Gasteiger partial charge in [-0.15, -0.1) is 0 Å². The van der Waals surface area contributed by atoms with Gasteiger partial charge < -0.3 is 11.5 Å². The van der Waals surface area contributed by atoms with Gasteiger partial charge in [0, 0.05) is 12.6 Å². The van der Waals surface area contributed by atoms with Crippen LogP contribution in [0.15, 0.2) is 42.5 Å². The normalized spacial score (nSPS) is 17.6. The molecule has 0 heterocycles. The second kappa shape index (κ2) is 5.61. The van der Waals surface area contributed by atoms with E-state index in [4.69, 9.17) is 11.5 Å². The number of nitrogens with two attached hydrogens (primary N) is 2. The molecule has 0 saturated carbocycles. The highest BCUT2D eigenvalue weighted by Crippen LogP contribution is 2.23. The van der Waals surface area contributed by atoms with E-state index in [2.05, 4.69) is 54.6 Å². The van der Waals surface area contributed by atoms with E-state index in [1.165, 1.54) is 22.3 Å². The highest BCUT2D eigenvalue weighted by Gasteiger charge is 2.17. The van der Waals surface area contributed by atoms with Gasteiger partial charge in [0.05, 0.1) is 0 Å². The van der Waals surface area contributed by atoms with E-state index in [1.807, 2.05) is 0 Å². The first-order valence-corrected chi connectivity index (χ1v) is 7.09. The van der Waals surface area contributed by atoms with Gasteiger partial charge in [-0.05, 0) is 40.7 Å². The van der Waals surface area contributed by atoms with E-state index in [1.54, 1.807) is 0 Å². The molecule has 0 amide bonds. The quantitative estimate of drug-likeness (QED) is 0.838. The SMILES string of the molecule is NCc1ccc(/C=C/c2ccc3c(c2)CC(N)C3)cc1. The van der Waals surface area contributed by atoms with Crippen molar-refractivity contribution in [3.63, 3.8) is 0 Å². The van der Waals surface area contributed by atoms with Gasteiger partial charge in [-0.3, -0.25) is 0 Å². The molecule has 102 valence electrons. The standard InChI is InChI=1S/C18H20N2/c19-12-15-5-2-13(3-6-15)1-4-14-7-8-16-10-18(20)11-17(16)9-14/h1-9,18H,10-12,19-20H2/b4-1+. The van der Waals surface area contributed by atoms with Gasteiger partial charge >= 0.3 is 0 Å². The molecule has 1 aliphatic carbocycles. The van der Waals surface area contributed by atoms with Crippen LogP contribution >= 0.6 is 0 Å². The Balaban J connectivity index is 1.77. The maximum Gasteiger partial charge on any atom is 0.0178 e. The first-order chi connectivity index (χ1) is 9.74. The van der Waals surface area contributed by atoms with Crippen molar-refractivity contribution in [3.8, 4) is 0 Å². The van der Waals surface area contributed by atoms with Crippen LogP contribution in [0.5, 0.6) is 0 Å². The molecule has 2 heteroatoms. The zero-order valence-electron chi connectivity index (χ0n) is 11.5. The average molecular weight is 264 g/mol. The van der Waals surface area contributed by atoms with Crippen molar-refractivity contribution in [3.05, 3.63) is 70.3 Å². The van der Waals surface area contributed by atoms with Crippen LogP contribution in [0.2, 0.25) is 0 Å². The number of rotatable bonds is 3. The summed E-state index contributed by atoms with van der Waals surface area (Å²) in [6, 6.07) is 15.3. The van der Waals surface area contributed by atoms with E-state index in [0.717, 1.165) is 18.4 Å². The lowest BCUT2D eigenvalue weighted by Gasteiger charge is -2.01. The Bertz CT molecular complexity index is 626. The van der Waals surface area contributed by atoms with Crippen molar-refractivity contribution in [2.24, 2.45) is 11.5 Å². The first-order valence-electron chi connectivity index (χ1n) is 7.09. The summed E-state index contributed by atoms with van der Waals surface area (Å²) >= 11 is 0. The molecule has 2 aromatic carbocycles. The fraction of sp³-hybridized carbons (Fsp3) is 0.222. The maximum absolute atomic E-state index is 6.00. The van der Waals surface area contributed by atoms with Crippen molar-refractivity contribution >= 4 is 12.2 Å². The van der Waals surface area contributed by atoms with Crippen LogP contribution in [-0.4, -0.2) is 6.04 Å². The fourth-order valence-corrected chi connectivity index (χ4v) is 2.73. The van der Waals surface area contributed by atoms with Gasteiger partial charge in [-0.2, -0.15) is 0 Å². The van der Waals surface area contributed by atoms with Crippen LogP contribution in [0.1, 0.15) is 27.8 Å². The van der Waals surface area contributed by atoms with Crippen LogP contribution in [0.25, 0.3) is 12.2 Å². The molecule has 0 saturated heterocycles. The lowest BCUT2D eigenvalue weighted by atomic mass is 10.0. The van der Waals surface area contributed by atoms with Crippen LogP contribution < -0.4 is 11.5 Å². The molecule has 1 aliphatic rings. The lowest BCUT2D eigenvalue weighted by Crippen LogP contribution is -2.18. The monoisotopic (exact) mass is 264 g/mol. The highest BCUT2D eigenvalue weighted by molar-refractivity contribution is 5.70. The Hall–Kier alpha value is -1.90. The van der Waals surface area contributed by atoms with E-state index in [9.17, 15) is 0 Å². The Morgan fingerprint density at radius 3 is 2.30 bits per heavy atom. The Morgan fingerprint density at radius 2 is 1.55 bits per heavy atom. The van der Waals surface area contributed by atoms with Gasteiger partial charge in [0.25, 0.3) is 0 Å². The molecule has 0 fully saturated rings. The number of fused-ring (bicyclic) bond motifs is 1. The van der Waals surface area contributed by atoms with Gasteiger partial charge in [0.15, 0.2) is 0 Å². The molecular formula is C18H20N2. The highest BCUT2D eigenvalue weighted by atomic mass is 14.6. The van der Waals surface area contributed by atoms with Crippen LogP contribution in [-0.2, 0) is 19.4 Å². The Morgan fingerprint density at radius 1 is 0.900 bits per heavy atom. The fourth-order valence-electron chi connectivity index (χ4n) is 2.73. The molecule has 2 nitrogen and oxygen atoms in total.